The second-order valence-corrected chi connectivity index (χ2v) is 12.3. The molecule has 0 saturated carbocycles. The largest absolute Gasteiger partial charge is 0.486 e. The van der Waals surface area contributed by atoms with Gasteiger partial charge in [-0.15, -0.1) is 0 Å². The summed E-state index contributed by atoms with van der Waals surface area (Å²) in [6.45, 7) is 9.16. The smallest absolute Gasteiger partial charge is 0.435 e. The molecule has 232 valence electrons. The summed E-state index contributed by atoms with van der Waals surface area (Å²) >= 11 is 12.7. The van der Waals surface area contributed by atoms with Crippen LogP contribution in [0.5, 0.6) is 5.75 Å². The number of aromatic nitrogens is 4. The first kappa shape index (κ1) is 31.8. The van der Waals surface area contributed by atoms with E-state index < -0.39 is 23.6 Å². The van der Waals surface area contributed by atoms with Gasteiger partial charge in [0.1, 0.15) is 23.3 Å². The zero-order valence-electron chi connectivity index (χ0n) is 24.9. The van der Waals surface area contributed by atoms with Gasteiger partial charge in [-0.3, -0.25) is 9.97 Å². The highest BCUT2D eigenvalue weighted by Crippen LogP contribution is 2.34. The second-order valence-electron chi connectivity index (χ2n) is 11.5. The van der Waals surface area contributed by atoms with Gasteiger partial charge in [0, 0.05) is 67.0 Å². The third kappa shape index (κ3) is 7.74. The zero-order valence-corrected chi connectivity index (χ0v) is 26.5. The van der Waals surface area contributed by atoms with Crippen LogP contribution in [0.2, 0.25) is 10.0 Å². The normalized spacial score (nSPS) is 15.4. The Balaban J connectivity index is 1.43. The van der Waals surface area contributed by atoms with Crippen LogP contribution >= 0.6 is 23.2 Å². The zero-order chi connectivity index (χ0) is 31.4. The fraction of sp³-hybridized carbons (Fsp3) is 0.375. The fourth-order valence-electron chi connectivity index (χ4n) is 4.84. The number of carbonyl (C=O) groups excluding carboxylic acids is 1. The summed E-state index contributed by atoms with van der Waals surface area (Å²) < 4.78 is 33.8. The molecule has 4 aromatic rings. The van der Waals surface area contributed by atoms with Crippen LogP contribution in [-0.4, -0.2) is 50.7 Å². The Morgan fingerprint density at radius 3 is 2.55 bits per heavy atom. The van der Waals surface area contributed by atoms with Crippen LogP contribution < -0.4 is 10.1 Å². The maximum absolute atomic E-state index is 15.6. The molecule has 1 unspecified atom stereocenters. The van der Waals surface area contributed by atoms with E-state index in [0.717, 1.165) is 36.4 Å². The molecule has 3 aromatic heterocycles. The van der Waals surface area contributed by atoms with Crippen molar-refractivity contribution in [2.24, 2.45) is 0 Å². The van der Waals surface area contributed by atoms with Gasteiger partial charge >= 0.3 is 6.09 Å². The third-order valence-electron chi connectivity index (χ3n) is 7.01. The Bertz CT molecular complexity index is 1640. The van der Waals surface area contributed by atoms with E-state index in [1.165, 1.54) is 24.7 Å². The summed E-state index contributed by atoms with van der Waals surface area (Å²) in [5.74, 6) is -0.122. The number of nitrogens with zero attached hydrogens (tertiary/aromatic N) is 4. The average molecular weight is 643 g/mol. The van der Waals surface area contributed by atoms with Gasteiger partial charge in [-0.1, -0.05) is 23.2 Å². The summed E-state index contributed by atoms with van der Waals surface area (Å²) in [6.07, 6.45) is 6.42. The summed E-state index contributed by atoms with van der Waals surface area (Å²) in [5, 5.41) is 9.11. The number of nitrogens with one attached hydrogen (secondary N) is 1. The van der Waals surface area contributed by atoms with Crippen LogP contribution in [0.3, 0.4) is 0 Å². The molecule has 0 amide bonds. The quantitative estimate of drug-likeness (QED) is 0.208. The van der Waals surface area contributed by atoms with Gasteiger partial charge in [0.15, 0.2) is 0 Å². The minimum atomic E-state index is -0.759. The van der Waals surface area contributed by atoms with E-state index in [4.69, 9.17) is 37.4 Å². The van der Waals surface area contributed by atoms with Gasteiger partial charge in [-0.2, -0.15) is 9.78 Å². The van der Waals surface area contributed by atoms with Crippen LogP contribution in [0.1, 0.15) is 69.2 Å². The Labute approximate surface area is 265 Å². The molecule has 1 atom stereocenters. The molecule has 1 N–H and O–H groups in total. The fourth-order valence-corrected chi connectivity index (χ4v) is 5.51. The van der Waals surface area contributed by atoms with Gasteiger partial charge in [0.05, 0.1) is 26.9 Å². The molecule has 5 rings (SSSR count). The van der Waals surface area contributed by atoms with Gasteiger partial charge < -0.3 is 19.5 Å². The van der Waals surface area contributed by atoms with E-state index in [1.54, 1.807) is 58.0 Å². The van der Waals surface area contributed by atoms with Crippen LogP contribution in [0, 0.1) is 0 Å². The molecule has 1 saturated heterocycles. The van der Waals surface area contributed by atoms with Crippen molar-refractivity contribution >= 4 is 52.1 Å². The first-order valence-corrected chi connectivity index (χ1v) is 15.1. The van der Waals surface area contributed by atoms with E-state index in [1.807, 2.05) is 0 Å². The van der Waals surface area contributed by atoms with Crippen LogP contribution in [0.4, 0.5) is 9.18 Å². The number of fused-ring (bicyclic) bond motifs is 1. The minimum Gasteiger partial charge on any atom is -0.486 e. The molecular formula is C32H34Cl2FN5O4. The summed E-state index contributed by atoms with van der Waals surface area (Å²) in [6, 6.07) is 8.88. The first-order valence-electron chi connectivity index (χ1n) is 14.3. The van der Waals surface area contributed by atoms with Crippen molar-refractivity contribution in [3.63, 3.8) is 0 Å². The minimum absolute atomic E-state index is 0.215. The van der Waals surface area contributed by atoms with E-state index >= 15 is 4.39 Å². The van der Waals surface area contributed by atoms with Gasteiger partial charge in [0.25, 0.3) is 0 Å². The van der Waals surface area contributed by atoms with Gasteiger partial charge in [-0.25, -0.2) is 9.18 Å². The number of carbonyl (C=O) groups is 1. The van der Waals surface area contributed by atoms with Crippen molar-refractivity contribution in [1.29, 1.82) is 0 Å². The van der Waals surface area contributed by atoms with Crippen LogP contribution in [0.15, 0.2) is 48.9 Å². The SMILES string of the molecule is CC(Oc1ccc2c(c1)c(/C=C(\F)c1ccc(CNC3CCOCC3)nc1)nn2C(=O)OC(C)(C)C)c1c(Cl)cncc1Cl. The molecule has 1 aliphatic rings. The molecule has 0 spiro atoms. The molecule has 1 aromatic carbocycles. The monoisotopic (exact) mass is 641 g/mol. The van der Waals surface area contributed by atoms with E-state index in [0.29, 0.717) is 44.8 Å². The van der Waals surface area contributed by atoms with E-state index in [2.05, 4.69) is 20.4 Å². The Kier molecular flexibility index (Phi) is 9.84. The highest BCUT2D eigenvalue weighted by Gasteiger charge is 2.23. The molecule has 4 heterocycles. The topological polar surface area (TPSA) is 100 Å². The number of ether oxygens (including phenoxy) is 3. The van der Waals surface area contributed by atoms with Crippen LogP contribution in [-0.2, 0) is 16.0 Å². The Morgan fingerprint density at radius 1 is 1.16 bits per heavy atom. The lowest BCUT2D eigenvalue weighted by molar-refractivity contribution is 0.0522. The molecular weight excluding hydrogens is 608 g/mol. The number of hydrogen-bond donors (Lipinski definition) is 1. The maximum atomic E-state index is 15.6. The molecule has 12 heteroatoms. The van der Waals surface area contributed by atoms with Gasteiger partial charge in [0.2, 0.25) is 0 Å². The maximum Gasteiger partial charge on any atom is 0.435 e. The number of halogens is 3. The lowest BCUT2D eigenvalue weighted by Crippen LogP contribution is -2.34. The number of benzene rings is 1. The Morgan fingerprint density at radius 2 is 1.89 bits per heavy atom. The summed E-state index contributed by atoms with van der Waals surface area (Å²) in [5.41, 5.74) is 1.54. The molecule has 1 aliphatic heterocycles. The molecule has 9 nitrogen and oxygen atoms in total. The number of pyridine rings is 2. The second kappa shape index (κ2) is 13.6. The van der Waals surface area contributed by atoms with Crippen molar-refractivity contribution in [1.82, 2.24) is 25.1 Å². The van der Waals surface area contributed by atoms with E-state index in [9.17, 15) is 4.79 Å². The average Bonchev–Trinajstić information content (AvgIpc) is 3.33. The number of rotatable bonds is 8. The first-order chi connectivity index (χ1) is 21.0. The molecule has 0 radical (unpaired) electrons. The summed E-state index contributed by atoms with van der Waals surface area (Å²) in [7, 11) is 0. The molecule has 44 heavy (non-hydrogen) atoms. The lowest BCUT2D eigenvalue weighted by atomic mass is 10.1. The molecule has 0 bridgehead atoms. The standard InChI is InChI=1S/C32H34Cl2FN5O4/c1-19(30-25(33)17-36-18-26(30)34)43-23-7-8-29-24(13-23)28(39-40(29)31(41)44-32(2,3)4)14-27(35)20-5-6-22(37-15-20)16-38-21-9-11-42-12-10-21/h5-8,13-15,17-19,21,38H,9-12,16H2,1-4H3/b27-14-. The molecule has 0 aliphatic carbocycles. The highest BCUT2D eigenvalue weighted by atomic mass is 35.5. The van der Waals surface area contributed by atoms with Crippen molar-refractivity contribution in [2.45, 2.75) is 64.8 Å². The van der Waals surface area contributed by atoms with Crippen molar-refractivity contribution in [3.8, 4) is 5.75 Å². The predicted molar refractivity (Wildman–Crippen MR) is 169 cm³/mol. The van der Waals surface area contributed by atoms with Crippen molar-refractivity contribution in [2.75, 3.05) is 13.2 Å². The van der Waals surface area contributed by atoms with E-state index in [-0.39, 0.29) is 11.3 Å². The molecule has 1 fully saturated rings. The summed E-state index contributed by atoms with van der Waals surface area (Å²) in [4.78, 5) is 21.5. The highest BCUT2D eigenvalue weighted by molar-refractivity contribution is 6.35. The lowest BCUT2D eigenvalue weighted by Gasteiger charge is -2.23. The number of hydrogen-bond acceptors (Lipinski definition) is 8. The van der Waals surface area contributed by atoms with Crippen LogP contribution in [0.25, 0.3) is 22.8 Å². The van der Waals surface area contributed by atoms with Crippen molar-refractivity contribution in [3.05, 3.63) is 81.5 Å². The third-order valence-corrected chi connectivity index (χ3v) is 7.62. The predicted octanol–water partition coefficient (Wildman–Crippen LogP) is 7.79. The van der Waals surface area contributed by atoms with Gasteiger partial charge in [-0.05, 0) is 70.9 Å². The Hall–Kier alpha value is -3.57. The van der Waals surface area contributed by atoms with Crippen molar-refractivity contribution < 1.29 is 23.4 Å².